The van der Waals surface area contributed by atoms with E-state index in [0.717, 1.165) is 38.5 Å². The van der Waals surface area contributed by atoms with E-state index < -0.39 is 6.10 Å². The molecule has 0 radical (unpaired) electrons. The van der Waals surface area contributed by atoms with E-state index in [-0.39, 0.29) is 18.5 Å². The van der Waals surface area contributed by atoms with Gasteiger partial charge in [-0.1, -0.05) is 245 Å². The lowest BCUT2D eigenvalue weighted by Crippen LogP contribution is -2.30. The number of esters is 2. The Labute approximate surface area is 363 Å². The van der Waals surface area contributed by atoms with E-state index in [1.165, 1.54) is 218 Å². The Kier molecular flexibility index (Phi) is 48.8. The Balaban J connectivity index is 4.05. The van der Waals surface area contributed by atoms with Crippen molar-refractivity contribution in [1.29, 1.82) is 0 Å². The number of hydrogen-bond donors (Lipinski definition) is 0. The third kappa shape index (κ3) is 47.3. The Bertz CT molecular complexity index is 840. The minimum atomic E-state index is -0.526. The first-order chi connectivity index (χ1) is 28.6. The molecule has 0 saturated carbocycles. The fraction of sp³-hybridized carbons (Fsp3) is 0.925. The number of allylic oxidation sites excluding steroid dienone is 2. The molecule has 0 aliphatic rings. The molecular formula is C53H102O5. The van der Waals surface area contributed by atoms with Crippen LogP contribution in [0.25, 0.3) is 0 Å². The molecule has 0 spiro atoms. The molecule has 0 saturated heterocycles. The summed E-state index contributed by atoms with van der Waals surface area (Å²) in [7, 11) is 0. The fourth-order valence-corrected chi connectivity index (χ4v) is 7.86. The van der Waals surface area contributed by atoms with Crippen molar-refractivity contribution in [3.05, 3.63) is 12.2 Å². The molecule has 5 nitrogen and oxygen atoms in total. The molecule has 5 heteroatoms. The Hall–Kier alpha value is -1.36. The van der Waals surface area contributed by atoms with Crippen molar-refractivity contribution >= 4 is 11.9 Å². The zero-order valence-electron chi connectivity index (χ0n) is 39.6. The lowest BCUT2D eigenvalue weighted by molar-refractivity contribution is -0.163. The monoisotopic (exact) mass is 819 g/mol. The first-order valence-electron chi connectivity index (χ1n) is 26.2. The first-order valence-corrected chi connectivity index (χ1v) is 26.2. The predicted octanol–water partition coefficient (Wildman–Crippen LogP) is 17.5. The van der Waals surface area contributed by atoms with Gasteiger partial charge in [-0.2, -0.15) is 0 Å². The summed E-state index contributed by atoms with van der Waals surface area (Å²) < 4.78 is 17.3. The summed E-state index contributed by atoms with van der Waals surface area (Å²) in [5.41, 5.74) is 0. The molecule has 0 amide bonds. The van der Waals surface area contributed by atoms with Crippen molar-refractivity contribution < 1.29 is 23.8 Å². The number of ether oxygens (including phenoxy) is 3. The predicted molar refractivity (Wildman–Crippen MR) is 252 cm³/mol. The molecule has 0 bridgehead atoms. The molecule has 0 aliphatic heterocycles. The molecule has 0 aromatic carbocycles. The molecule has 0 aliphatic carbocycles. The molecule has 0 rings (SSSR count). The van der Waals surface area contributed by atoms with Crippen LogP contribution in [0.3, 0.4) is 0 Å². The fourth-order valence-electron chi connectivity index (χ4n) is 7.86. The van der Waals surface area contributed by atoms with Crippen LogP contribution < -0.4 is 0 Å². The maximum absolute atomic E-state index is 12.7. The van der Waals surface area contributed by atoms with Crippen molar-refractivity contribution in [3.63, 3.8) is 0 Å². The SMILES string of the molecule is CCCCCCCC/C=C\CCCCCCCCCCOCC(COC(=O)CCCCCCCCCCCCCCCCCCC)OC(=O)CCCCCCCCC. The topological polar surface area (TPSA) is 61.8 Å². The maximum atomic E-state index is 12.7. The molecular weight excluding hydrogens is 717 g/mol. The van der Waals surface area contributed by atoms with Crippen LogP contribution in [0, 0.1) is 0 Å². The van der Waals surface area contributed by atoms with Crippen molar-refractivity contribution in [2.75, 3.05) is 19.8 Å². The third-order valence-electron chi connectivity index (χ3n) is 11.8. The van der Waals surface area contributed by atoms with E-state index in [0.29, 0.717) is 26.1 Å². The van der Waals surface area contributed by atoms with E-state index in [2.05, 4.69) is 32.9 Å². The van der Waals surface area contributed by atoms with Gasteiger partial charge in [0.05, 0.1) is 6.61 Å². The lowest BCUT2D eigenvalue weighted by atomic mass is 10.0. The lowest BCUT2D eigenvalue weighted by Gasteiger charge is -2.18. The van der Waals surface area contributed by atoms with Gasteiger partial charge in [-0.25, -0.2) is 0 Å². The minimum absolute atomic E-state index is 0.0927. The van der Waals surface area contributed by atoms with Crippen molar-refractivity contribution in [2.24, 2.45) is 0 Å². The van der Waals surface area contributed by atoms with E-state index in [9.17, 15) is 9.59 Å². The van der Waals surface area contributed by atoms with Crippen molar-refractivity contribution in [1.82, 2.24) is 0 Å². The second-order valence-electron chi connectivity index (χ2n) is 17.8. The molecule has 1 unspecified atom stereocenters. The number of carbonyl (C=O) groups excluding carboxylic acids is 2. The van der Waals surface area contributed by atoms with Gasteiger partial charge >= 0.3 is 11.9 Å². The van der Waals surface area contributed by atoms with Crippen LogP contribution in [0.4, 0.5) is 0 Å². The van der Waals surface area contributed by atoms with Gasteiger partial charge in [0, 0.05) is 19.4 Å². The second-order valence-corrected chi connectivity index (χ2v) is 17.8. The summed E-state index contributed by atoms with van der Waals surface area (Å²) in [6, 6.07) is 0. The standard InChI is InChI=1S/C53H102O5/c1-4-7-10-13-16-18-20-22-24-26-28-30-32-34-36-39-42-45-48-56-49-51(58-53(55)47-44-41-37-15-12-9-6-3)50-57-52(54)46-43-40-38-35-33-31-29-27-25-23-21-19-17-14-11-8-5-2/h22,24,51H,4-21,23,25-50H2,1-3H3/b24-22-. The van der Waals surface area contributed by atoms with Crippen LogP contribution in [0.5, 0.6) is 0 Å². The highest BCUT2D eigenvalue weighted by atomic mass is 16.6. The van der Waals surface area contributed by atoms with Gasteiger partial charge in [-0.05, 0) is 44.9 Å². The third-order valence-corrected chi connectivity index (χ3v) is 11.8. The largest absolute Gasteiger partial charge is 0.462 e. The van der Waals surface area contributed by atoms with Gasteiger partial charge < -0.3 is 14.2 Å². The van der Waals surface area contributed by atoms with Crippen molar-refractivity contribution in [2.45, 2.75) is 297 Å². The van der Waals surface area contributed by atoms with Gasteiger partial charge in [0.1, 0.15) is 6.61 Å². The highest BCUT2D eigenvalue weighted by molar-refractivity contribution is 5.70. The molecule has 0 aromatic rings. The summed E-state index contributed by atoms with van der Waals surface area (Å²) in [4.78, 5) is 25.2. The van der Waals surface area contributed by atoms with E-state index in [4.69, 9.17) is 14.2 Å². The first kappa shape index (κ1) is 56.6. The zero-order chi connectivity index (χ0) is 42.1. The molecule has 1 atom stereocenters. The number of unbranched alkanes of at least 4 members (excludes halogenated alkanes) is 36. The maximum Gasteiger partial charge on any atom is 0.306 e. The van der Waals surface area contributed by atoms with E-state index in [1.54, 1.807) is 0 Å². The van der Waals surface area contributed by atoms with Crippen LogP contribution in [0.1, 0.15) is 290 Å². The van der Waals surface area contributed by atoms with Gasteiger partial charge in [0.15, 0.2) is 6.10 Å². The Morgan fingerprint density at radius 3 is 1.05 bits per heavy atom. The van der Waals surface area contributed by atoms with Gasteiger partial charge in [-0.3, -0.25) is 9.59 Å². The summed E-state index contributed by atoms with van der Waals surface area (Å²) >= 11 is 0. The Morgan fingerprint density at radius 2 is 0.672 bits per heavy atom. The average Bonchev–Trinajstić information content (AvgIpc) is 3.22. The number of rotatable bonds is 49. The average molecular weight is 819 g/mol. The highest BCUT2D eigenvalue weighted by Gasteiger charge is 2.17. The summed E-state index contributed by atoms with van der Waals surface area (Å²) in [5.74, 6) is -0.385. The summed E-state index contributed by atoms with van der Waals surface area (Å²) in [6.45, 7) is 7.84. The van der Waals surface area contributed by atoms with Gasteiger partial charge in [0.25, 0.3) is 0 Å². The van der Waals surface area contributed by atoms with E-state index >= 15 is 0 Å². The van der Waals surface area contributed by atoms with Crippen LogP contribution in [0.15, 0.2) is 12.2 Å². The van der Waals surface area contributed by atoms with Gasteiger partial charge in [-0.15, -0.1) is 0 Å². The Morgan fingerprint density at radius 1 is 0.362 bits per heavy atom. The second kappa shape index (κ2) is 50.0. The summed E-state index contributed by atoms with van der Waals surface area (Å²) in [5, 5.41) is 0. The molecule has 0 heterocycles. The molecule has 0 fully saturated rings. The van der Waals surface area contributed by atoms with E-state index in [1.807, 2.05) is 0 Å². The number of carbonyl (C=O) groups is 2. The summed E-state index contributed by atoms with van der Waals surface area (Å²) in [6.07, 6.45) is 56.6. The smallest absolute Gasteiger partial charge is 0.306 e. The van der Waals surface area contributed by atoms with Crippen molar-refractivity contribution in [3.8, 4) is 0 Å². The molecule has 58 heavy (non-hydrogen) atoms. The minimum Gasteiger partial charge on any atom is -0.462 e. The van der Waals surface area contributed by atoms with Crippen LogP contribution in [-0.2, 0) is 23.8 Å². The van der Waals surface area contributed by atoms with Crippen LogP contribution in [0.2, 0.25) is 0 Å². The normalized spacial score (nSPS) is 12.1. The molecule has 0 aromatic heterocycles. The van der Waals surface area contributed by atoms with Crippen LogP contribution in [-0.4, -0.2) is 37.9 Å². The highest BCUT2D eigenvalue weighted by Crippen LogP contribution is 2.16. The van der Waals surface area contributed by atoms with Crippen LogP contribution >= 0.6 is 0 Å². The quantitative estimate of drug-likeness (QED) is 0.0348. The number of hydrogen-bond acceptors (Lipinski definition) is 5. The molecule has 344 valence electrons. The van der Waals surface area contributed by atoms with Gasteiger partial charge in [0.2, 0.25) is 0 Å². The zero-order valence-corrected chi connectivity index (χ0v) is 39.6. The molecule has 0 N–H and O–H groups in total.